The highest BCUT2D eigenvalue weighted by Gasteiger charge is 2.36. The van der Waals surface area contributed by atoms with Crippen molar-refractivity contribution in [3.05, 3.63) is 40.3 Å². The third-order valence-electron chi connectivity index (χ3n) is 5.39. The number of rotatable bonds is 2. The van der Waals surface area contributed by atoms with Crippen LogP contribution in [0.15, 0.2) is 29.1 Å². The molecule has 0 unspecified atom stereocenters. The van der Waals surface area contributed by atoms with Crippen LogP contribution in [0.3, 0.4) is 0 Å². The number of hydrogen-bond donors (Lipinski definition) is 0. The molecule has 2 heterocycles. The first-order chi connectivity index (χ1) is 12.1. The zero-order chi connectivity index (χ0) is 17.4. The minimum Gasteiger partial charge on any atom is -0.374 e. The lowest BCUT2D eigenvalue weighted by Gasteiger charge is -2.43. The molecule has 2 fully saturated rings. The monoisotopic (exact) mass is 341 g/mol. The van der Waals surface area contributed by atoms with Crippen molar-refractivity contribution in [1.82, 2.24) is 14.7 Å². The Balaban J connectivity index is 1.61. The van der Waals surface area contributed by atoms with E-state index in [1.165, 1.54) is 4.68 Å². The fraction of sp³-hybridized carbons (Fsp3) is 0.526. The van der Waals surface area contributed by atoms with E-state index in [0.29, 0.717) is 18.5 Å². The van der Waals surface area contributed by atoms with Crippen molar-refractivity contribution in [2.45, 2.75) is 51.3 Å². The molecule has 6 nitrogen and oxygen atoms in total. The summed E-state index contributed by atoms with van der Waals surface area (Å²) in [5.41, 5.74) is 0.559. The molecule has 2 aliphatic rings. The number of benzene rings is 1. The second-order valence-electron chi connectivity index (χ2n) is 6.94. The summed E-state index contributed by atoms with van der Waals surface area (Å²) >= 11 is 0. The maximum Gasteiger partial charge on any atom is 0.275 e. The number of hydrogen-bond acceptors (Lipinski definition) is 4. The second kappa shape index (κ2) is 6.59. The van der Waals surface area contributed by atoms with Crippen molar-refractivity contribution in [2.75, 3.05) is 13.2 Å². The van der Waals surface area contributed by atoms with Crippen LogP contribution in [0.25, 0.3) is 10.8 Å². The molecule has 0 radical (unpaired) electrons. The van der Waals surface area contributed by atoms with Gasteiger partial charge in [0.2, 0.25) is 5.91 Å². The molecule has 6 heteroatoms. The summed E-state index contributed by atoms with van der Waals surface area (Å²) < 4.78 is 7.15. The number of carbonyl (C=O) groups excluding carboxylic acids is 1. The van der Waals surface area contributed by atoms with Crippen molar-refractivity contribution in [3.8, 4) is 0 Å². The quantitative estimate of drug-likeness (QED) is 0.836. The van der Waals surface area contributed by atoms with E-state index >= 15 is 0 Å². The van der Waals surface area contributed by atoms with Crippen molar-refractivity contribution >= 4 is 16.7 Å². The van der Waals surface area contributed by atoms with Gasteiger partial charge < -0.3 is 9.64 Å². The van der Waals surface area contributed by atoms with Gasteiger partial charge in [-0.3, -0.25) is 9.59 Å². The Labute approximate surface area is 146 Å². The van der Waals surface area contributed by atoms with Gasteiger partial charge in [-0.25, -0.2) is 4.68 Å². The van der Waals surface area contributed by atoms with Crippen molar-refractivity contribution in [3.63, 3.8) is 0 Å². The van der Waals surface area contributed by atoms with Crippen LogP contribution in [0.2, 0.25) is 0 Å². The number of morpholine rings is 1. The summed E-state index contributed by atoms with van der Waals surface area (Å²) in [6.45, 7) is 3.04. The van der Waals surface area contributed by atoms with Gasteiger partial charge in [0.05, 0.1) is 29.8 Å². The minimum absolute atomic E-state index is 0.00622. The predicted molar refractivity (Wildman–Crippen MR) is 94.4 cm³/mol. The van der Waals surface area contributed by atoms with Crippen molar-refractivity contribution in [1.29, 1.82) is 0 Å². The van der Waals surface area contributed by atoms with Crippen molar-refractivity contribution in [2.24, 2.45) is 0 Å². The van der Waals surface area contributed by atoms with Gasteiger partial charge in [-0.1, -0.05) is 31.0 Å². The Morgan fingerprint density at radius 2 is 2.00 bits per heavy atom. The molecule has 2 aromatic rings. The Bertz CT molecular complexity index is 859. The minimum atomic E-state index is -0.206. The molecule has 1 saturated heterocycles. The van der Waals surface area contributed by atoms with E-state index in [-0.39, 0.29) is 30.2 Å². The molecule has 1 aliphatic heterocycles. The maximum atomic E-state index is 12.9. The first-order valence-electron chi connectivity index (χ1n) is 9.02. The van der Waals surface area contributed by atoms with Crippen LogP contribution >= 0.6 is 0 Å². The molecule has 132 valence electrons. The molecule has 0 N–H and O–H groups in total. The largest absolute Gasteiger partial charge is 0.374 e. The molecule has 0 spiro atoms. The fourth-order valence-corrected chi connectivity index (χ4v) is 4.14. The molecule has 1 amide bonds. The Morgan fingerprint density at radius 1 is 1.24 bits per heavy atom. The van der Waals surface area contributed by atoms with E-state index in [0.717, 1.165) is 36.8 Å². The topological polar surface area (TPSA) is 64.4 Å². The number of nitrogens with zero attached hydrogens (tertiary/aromatic N) is 3. The van der Waals surface area contributed by atoms with Crippen molar-refractivity contribution < 1.29 is 9.53 Å². The molecule has 1 aliphatic carbocycles. The third-order valence-corrected chi connectivity index (χ3v) is 5.39. The lowest BCUT2D eigenvalue weighted by Crippen LogP contribution is -2.55. The summed E-state index contributed by atoms with van der Waals surface area (Å²) in [7, 11) is 0. The van der Waals surface area contributed by atoms with E-state index in [2.05, 4.69) is 5.10 Å². The third kappa shape index (κ3) is 2.95. The Morgan fingerprint density at radius 3 is 2.84 bits per heavy atom. The number of aryl methyl sites for hydroxylation is 1. The van der Waals surface area contributed by atoms with Crippen LogP contribution in [-0.4, -0.2) is 45.9 Å². The summed E-state index contributed by atoms with van der Waals surface area (Å²) in [5.74, 6) is -0.0375. The number of ether oxygens (including phenoxy) is 1. The van der Waals surface area contributed by atoms with Crippen LogP contribution in [-0.2, 0) is 16.1 Å². The van der Waals surface area contributed by atoms with Gasteiger partial charge in [0.15, 0.2) is 0 Å². The highest BCUT2D eigenvalue weighted by atomic mass is 16.5. The van der Waals surface area contributed by atoms with Gasteiger partial charge in [-0.15, -0.1) is 0 Å². The molecule has 1 aromatic carbocycles. The summed E-state index contributed by atoms with van der Waals surface area (Å²) in [4.78, 5) is 27.5. The zero-order valence-electron chi connectivity index (χ0n) is 14.5. The summed E-state index contributed by atoms with van der Waals surface area (Å²) in [6.07, 6.45) is 4.43. The molecule has 1 saturated carbocycles. The molecular formula is C19H23N3O3. The smallest absolute Gasteiger partial charge is 0.275 e. The Kier molecular flexibility index (Phi) is 4.29. The van der Waals surface area contributed by atoms with Gasteiger partial charge in [-0.05, 0) is 25.8 Å². The van der Waals surface area contributed by atoms with Gasteiger partial charge in [-0.2, -0.15) is 5.10 Å². The highest BCUT2D eigenvalue weighted by molar-refractivity contribution is 5.83. The number of carbonyl (C=O) groups is 1. The first kappa shape index (κ1) is 16.3. The normalized spacial score (nSPS) is 23.5. The Hall–Kier alpha value is -2.21. The second-order valence-corrected chi connectivity index (χ2v) is 6.94. The summed E-state index contributed by atoms with van der Waals surface area (Å²) in [6, 6.07) is 7.55. The van der Waals surface area contributed by atoms with Gasteiger partial charge >= 0.3 is 0 Å². The van der Waals surface area contributed by atoms with E-state index in [1.807, 2.05) is 30.0 Å². The maximum absolute atomic E-state index is 12.9. The van der Waals surface area contributed by atoms with Gasteiger partial charge in [0.25, 0.3) is 5.56 Å². The SMILES string of the molecule is Cc1nn(CC(=O)N2CCO[C@H]3CCCC[C@H]32)c(=O)c2ccccc12. The fourth-order valence-electron chi connectivity index (χ4n) is 4.14. The van der Waals surface area contributed by atoms with E-state index in [1.54, 1.807) is 6.07 Å². The molecular weight excluding hydrogens is 318 g/mol. The lowest BCUT2D eigenvalue weighted by molar-refractivity contribution is -0.150. The average Bonchev–Trinajstić information content (AvgIpc) is 2.65. The standard InChI is InChI=1S/C19H23N3O3/c1-13-14-6-2-3-7-15(14)19(24)22(20-13)12-18(23)21-10-11-25-17-9-5-4-8-16(17)21/h2-3,6-7,16-17H,4-5,8-12H2,1H3/t16-,17+/m1/s1. The first-order valence-corrected chi connectivity index (χ1v) is 9.02. The van der Waals surface area contributed by atoms with E-state index in [9.17, 15) is 9.59 Å². The molecule has 1 aromatic heterocycles. The highest BCUT2D eigenvalue weighted by Crippen LogP contribution is 2.28. The predicted octanol–water partition coefficient (Wildman–Crippen LogP) is 1.87. The summed E-state index contributed by atoms with van der Waals surface area (Å²) in [5, 5.41) is 5.82. The van der Waals surface area contributed by atoms with Crippen LogP contribution in [0.4, 0.5) is 0 Å². The van der Waals surface area contributed by atoms with Crippen LogP contribution in [0, 0.1) is 6.92 Å². The molecule has 4 rings (SSSR count). The number of aromatic nitrogens is 2. The number of fused-ring (bicyclic) bond motifs is 2. The lowest BCUT2D eigenvalue weighted by atomic mass is 9.90. The molecule has 2 atom stereocenters. The number of amides is 1. The molecule has 0 bridgehead atoms. The molecule has 25 heavy (non-hydrogen) atoms. The van der Waals surface area contributed by atoms with Crippen LogP contribution in [0.5, 0.6) is 0 Å². The van der Waals surface area contributed by atoms with Gasteiger partial charge in [0.1, 0.15) is 6.54 Å². The van der Waals surface area contributed by atoms with Gasteiger partial charge in [0, 0.05) is 11.9 Å². The zero-order valence-corrected chi connectivity index (χ0v) is 14.5. The van der Waals surface area contributed by atoms with E-state index < -0.39 is 0 Å². The van der Waals surface area contributed by atoms with Crippen LogP contribution in [0.1, 0.15) is 31.4 Å². The average molecular weight is 341 g/mol. The van der Waals surface area contributed by atoms with E-state index in [4.69, 9.17) is 4.74 Å². The van der Waals surface area contributed by atoms with Crippen LogP contribution < -0.4 is 5.56 Å².